The van der Waals surface area contributed by atoms with Crippen molar-refractivity contribution >= 4 is 17.6 Å². The van der Waals surface area contributed by atoms with Gasteiger partial charge in [0, 0.05) is 63.5 Å². The van der Waals surface area contributed by atoms with Crippen molar-refractivity contribution < 1.29 is 14.7 Å². The molecule has 2 saturated heterocycles. The zero-order chi connectivity index (χ0) is 19.2. The first-order valence-corrected chi connectivity index (χ1v) is 9.95. The maximum Gasteiger partial charge on any atom is 0.313 e. The minimum absolute atomic E-state index is 0.0246. The van der Waals surface area contributed by atoms with Gasteiger partial charge in [-0.1, -0.05) is 18.9 Å². The molecule has 4 rings (SSSR count). The number of benzene rings is 1. The van der Waals surface area contributed by atoms with E-state index in [2.05, 4.69) is 4.90 Å². The number of amides is 1. The van der Waals surface area contributed by atoms with Crippen LogP contribution in [0.1, 0.15) is 36.0 Å². The highest BCUT2D eigenvalue weighted by molar-refractivity contribution is 5.96. The maximum atomic E-state index is 13.1. The predicted molar refractivity (Wildman–Crippen MR) is 104 cm³/mol. The molecule has 1 aromatic rings. The third-order valence-electron chi connectivity index (χ3n) is 6.80. The molecule has 1 amide bonds. The Hall–Kier alpha value is -2.08. The van der Waals surface area contributed by atoms with Crippen molar-refractivity contribution in [3.8, 4) is 0 Å². The van der Waals surface area contributed by atoms with Gasteiger partial charge < -0.3 is 14.9 Å². The number of carboxylic acid groups (broad SMARTS) is 1. The molecule has 2 atom stereocenters. The molecule has 3 aliphatic rings. The number of carbonyl (C=O) groups is 2. The second kappa shape index (κ2) is 6.82. The van der Waals surface area contributed by atoms with Gasteiger partial charge in [0.15, 0.2) is 0 Å². The van der Waals surface area contributed by atoms with Crippen LogP contribution in [0, 0.1) is 11.3 Å². The molecule has 3 fully saturated rings. The molecule has 1 N–H and O–H groups in total. The van der Waals surface area contributed by atoms with E-state index in [1.807, 2.05) is 43.3 Å². The van der Waals surface area contributed by atoms with Gasteiger partial charge in [0.1, 0.15) is 5.41 Å². The van der Waals surface area contributed by atoms with E-state index in [9.17, 15) is 14.7 Å². The number of hydrogen-bond acceptors (Lipinski definition) is 4. The fraction of sp³-hybridized carbons (Fsp3) is 0.619. The Morgan fingerprint density at radius 1 is 1.15 bits per heavy atom. The van der Waals surface area contributed by atoms with Crippen molar-refractivity contribution in [2.45, 2.75) is 31.7 Å². The van der Waals surface area contributed by atoms with Gasteiger partial charge in [-0.15, -0.1) is 0 Å². The summed E-state index contributed by atoms with van der Waals surface area (Å²) in [6, 6.07) is 8.09. The molecule has 1 aliphatic carbocycles. The van der Waals surface area contributed by atoms with Gasteiger partial charge >= 0.3 is 5.97 Å². The van der Waals surface area contributed by atoms with Crippen molar-refractivity contribution in [3.63, 3.8) is 0 Å². The number of carbonyl (C=O) groups excluding carboxylic acids is 1. The molecule has 6 nitrogen and oxygen atoms in total. The molecule has 0 aromatic heterocycles. The zero-order valence-electron chi connectivity index (χ0n) is 16.2. The minimum atomic E-state index is -0.808. The van der Waals surface area contributed by atoms with Gasteiger partial charge in [-0.2, -0.15) is 0 Å². The fourth-order valence-electron chi connectivity index (χ4n) is 5.21. The van der Waals surface area contributed by atoms with Gasteiger partial charge in [0.05, 0.1) is 0 Å². The molecule has 1 unspecified atom stereocenters. The molecule has 1 aromatic carbocycles. The van der Waals surface area contributed by atoms with E-state index in [0.29, 0.717) is 31.2 Å². The molecule has 1 saturated carbocycles. The largest absolute Gasteiger partial charge is 0.481 e. The summed E-state index contributed by atoms with van der Waals surface area (Å²) >= 11 is 0. The van der Waals surface area contributed by atoms with E-state index in [1.54, 1.807) is 4.90 Å². The van der Waals surface area contributed by atoms with Gasteiger partial charge in [-0.05, 0) is 31.0 Å². The molecule has 0 spiro atoms. The van der Waals surface area contributed by atoms with Crippen LogP contribution >= 0.6 is 0 Å². The molecule has 2 heterocycles. The van der Waals surface area contributed by atoms with Gasteiger partial charge in [0.25, 0.3) is 5.91 Å². The van der Waals surface area contributed by atoms with Crippen LogP contribution in [0.4, 0.5) is 5.69 Å². The summed E-state index contributed by atoms with van der Waals surface area (Å²) in [5, 5.41) is 10.1. The Kier molecular flexibility index (Phi) is 4.62. The SMILES string of the molecule is CN(C)c1cccc(C(=O)N2CC3CN(C4CCCC4)C[C@]3(C(=O)O)C2)c1. The Morgan fingerprint density at radius 2 is 1.89 bits per heavy atom. The molecule has 2 aliphatic heterocycles. The number of aliphatic carboxylic acids is 1. The summed E-state index contributed by atoms with van der Waals surface area (Å²) in [5.41, 5.74) is 0.798. The second-order valence-electron chi connectivity index (χ2n) is 8.66. The highest BCUT2D eigenvalue weighted by atomic mass is 16.4. The summed E-state index contributed by atoms with van der Waals surface area (Å²) in [6.45, 7) is 2.25. The van der Waals surface area contributed by atoms with Crippen molar-refractivity contribution in [1.82, 2.24) is 9.80 Å². The van der Waals surface area contributed by atoms with Gasteiger partial charge in [-0.3, -0.25) is 14.5 Å². The molecular weight excluding hydrogens is 342 g/mol. The summed E-state index contributed by atoms with van der Waals surface area (Å²) in [5.74, 6) is -0.775. The lowest BCUT2D eigenvalue weighted by atomic mass is 9.81. The van der Waals surface area contributed by atoms with E-state index >= 15 is 0 Å². The lowest BCUT2D eigenvalue weighted by molar-refractivity contribution is -0.148. The zero-order valence-corrected chi connectivity index (χ0v) is 16.2. The number of hydrogen-bond donors (Lipinski definition) is 1. The van der Waals surface area contributed by atoms with Crippen LogP contribution in [0.5, 0.6) is 0 Å². The summed E-state index contributed by atoms with van der Waals surface area (Å²) in [7, 11) is 3.89. The first kappa shape index (κ1) is 18.3. The average Bonchev–Trinajstić information content (AvgIpc) is 3.35. The molecule has 0 bridgehead atoms. The maximum absolute atomic E-state index is 13.1. The highest BCUT2D eigenvalue weighted by Crippen LogP contribution is 2.45. The van der Waals surface area contributed by atoms with Crippen molar-refractivity contribution in [1.29, 1.82) is 0 Å². The third-order valence-corrected chi connectivity index (χ3v) is 6.80. The lowest BCUT2D eigenvalue weighted by Gasteiger charge is -2.29. The van der Waals surface area contributed by atoms with Crippen LogP contribution in [0.2, 0.25) is 0 Å². The number of nitrogens with zero attached hydrogens (tertiary/aromatic N) is 3. The molecule has 27 heavy (non-hydrogen) atoms. The number of anilines is 1. The van der Waals surface area contributed by atoms with Crippen LogP contribution in [-0.4, -0.2) is 73.1 Å². The van der Waals surface area contributed by atoms with Gasteiger partial charge in [0.2, 0.25) is 0 Å². The van der Waals surface area contributed by atoms with Crippen LogP contribution in [0.25, 0.3) is 0 Å². The summed E-state index contributed by atoms with van der Waals surface area (Å²) in [4.78, 5) is 31.4. The third kappa shape index (κ3) is 3.10. The molecular formula is C21H29N3O3. The Labute approximate surface area is 160 Å². The van der Waals surface area contributed by atoms with E-state index in [1.165, 1.54) is 25.7 Å². The predicted octanol–water partition coefficient (Wildman–Crippen LogP) is 2.15. The van der Waals surface area contributed by atoms with Crippen molar-refractivity contribution in [3.05, 3.63) is 29.8 Å². The van der Waals surface area contributed by atoms with E-state index in [4.69, 9.17) is 0 Å². The second-order valence-corrected chi connectivity index (χ2v) is 8.66. The Morgan fingerprint density at radius 3 is 2.52 bits per heavy atom. The highest BCUT2D eigenvalue weighted by Gasteiger charge is 2.59. The fourth-order valence-corrected chi connectivity index (χ4v) is 5.21. The topological polar surface area (TPSA) is 64.1 Å². The Bertz CT molecular complexity index is 744. The smallest absolute Gasteiger partial charge is 0.313 e. The lowest BCUT2D eigenvalue weighted by Crippen LogP contribution is -2.43. The summed E-state index contributed by atoms with van der Waals surface area (Å²) < 4.78 is 0. The van der Waals surface area contributed by atoms with E-state index in [0.717, 1.165) is 12.2 Å². The van der Waals surface area contributed by atoms with E-state index < -0.39 is 11.4 Å². The minimum Gasteiger partial charge on any atom is -0.481 e. The van der Waals surface area contributed by atoms with Crippen LogP contribution < -0.4 is 4.90 Å². The van der Waals surface area contributed by atoms with Crippen molar-refractivity contribution in [2.75, 3.05) is 45.2 Å². The number of rotatable bonds is 4. The van der Waals surface area contributed by atoms with Crippen LogP contribution in [0.15, 0.2) is 24.3 Å². The average molecular weight is 371 g/mol. The molecule has 146 valence electrons. The number of carboxylic acids is 1. The number of fused-ring (bicyclic) bond motifs is 1. The molecule has 0 radical (unpaired) electrons. The number of likely N-dealkylation sites (tertiary alicyclic amines) is 2. The van der Waals surface area contributed by atoms with Crippen LogP contribution in [-0.2, 0) is 4.79 Å². The first-order chi connectivity index (χ1) is 12.9. The Balaban J connectivity index is 1.52. The quantitative estimate of drug-likeness (QED) is 0.879. The van der Waals surface area contributed by atoms with E-state index in [-0.39, 0.29) is 11.8 Å². The summed E-state index contributed by atoms with van der Waals surface area (Å²) in [6.07, 6.45) is 4.86. The van der Waals surface area contributed by atoms with Crippen LogP contribution in [0.3, 0.4) is 0 Å². The first-order valence-electron chi connectivity index (χ1n) is 9.95. The monoisotopic (exact) mass is 371 g/mol. The standard InChI is InChI=1S/C21H29N3O3/c1-22(2)18-9-5-6-15(10-18)19(25)24-12-16-11-23(17-7-3-4-8-17)13-21(16,14-24)20(26)27/h5-6,9-10,16-17H,3-4,7-8,11-14H2,1-2H3,(H,26,27)/t16?,21-/m0/s1. The normalized spacial score (nSPS) is 28.5. The van der Waals surface area contributed by atoms with Gasteiger partial charge in [-0.25, -0.2) is 0 Å². The molecule has 6 heteroatoms. The van der Waals surface area contributed by atoms with Crippen molar-refractivity contribution in [2.24, 2.45) is 11.3 Å².